The minimum Gasteiger partial charge on any atom is -0.294 e. The van der Waals surface area contributed by atoms with Crippen LogP contribution in [0.3, 0.4) is 0 Å². The zero-order chi connectivity index (χ0) is 11.8. The first-order valence-corrected chi connectivity index (χ1v) is 5.34. The SMILES string of the molecule is CC(C#N)CN(C)CC#Cc1ccccc1. The van der Waals surface area contributed by atoms with Crippen LogP contribution in [-0.2, 0) is 0 Å². The summed E-state index contributed by atoms with van der Waals surface area (Å²) in [4.78, 5) is 2.06. The van der Waals surface area contributed by atoms with E-state index in [1.807, 2.05) is 44.3 Å². The van der Waals surface area contributed by atoms with Crippen LogP contribution in [0.25, 0.3) is 0 Å². The third-order valence-corrected chi connectivity index (χ3v) is 2.16. The molecule has 0 spiro atoms. The summed E-state index contributed by atoms with van der Waals surface area (Å²) in [5.74, 6) is 6.25. The summed E-state index contributed by atoms with van der Waals surface area (Å²) in [7, 11) is 1.98. The number of benzene rings is 1. The van der Waals surface area contributed by atoms with Gasteiger partial charge in [-0.15, -0.1) is 0 Å². The van der Waals surface area contributed by atoms with E-state index in [0.29, 0.717) is 6.54 Å². The highest BCUT2D eigenvalue weighted by atomic mass is 15.1. The van der Waals surface area contributed by atoms with Crippen LogP contribution >= 0.6 is 0 Å². The van der Waals surface area contributed by atoms with Crippen LogP contribution in [0.15, 0.2) is 30.3 Å². The molecule has 0 saturated carbocycles. The van der Waals surface area contributed by atoms with Gasteiger partial charge in [0.25, 0.3) is 0 Å². The fraction of sp³-hybridized carbons (Fsp3) is 0.357. The van der Waals surface area contributed by atoms with E-state index in [-0.39, 0.29) is 5.92 Å². The van der Waals surface area contributed by atoms with Crippen molar-refractivity contribution in [1.29, 1.82) is 5.26 Å². The quantitative estimate of drug-likeness (QED) is 0.718. The van der Waals surface area contributed by atoms with Crippen molar-refractivity contribution < 1.29 is 0 Å². The first kappa shape index (κ1) is 12.3. The van der Waals surface area contributed by atoms with Gasteiger partial charge in [0.05, 0.1) is 18.5 Å². The van der Waals surface area contributed by atoms with Gasteiger partial charge >= 0.3 is 0 Å². The van der Waals surface area contributed by atoms with Crippen molar-refractivity contribution in [2.45, 2.75) is 6.92 Å². The number of hydrogen-bond acceptors (Lipinski definition) is 2. The summed E-state index contributed by atoms with van der Waals surface area (Å²) in [6.07, 6.45) is 0. The Morgan fingerprint density at radius 1 is 1.31 bits per heavy atom. The van der Waals surface area contributed by atoms with Crippen molar-refractivity contribution in [2.24, 2.45) is 5.92 Å². The molecule has 0 fully saturated rings. The Balaban J connectivity index is 2.41. The topological polar surface area (TPSA) is 27.0 Å². The Labute approximate surface area is 97.5 Å². The smallest absolute Gasteiger partial charge is 0.0666 e. The lowest BCUT2D eigenvalue weighted by Crippen LogP contribution is -2.24. The molecule has 2 nitrogen and oxygen atoms in total. The summed E-state index contributed by atoms with van der Waals surface area (Å²) in [5, 5.41) is 8.67. The number of hydrogen-bond donors (Lipinski definition) is 0. The largest absolute Gasteiger partial charge is 0.294 e. The van der Waals surface area contributed by atoms with Gasteiger partial charge in [-0.05, 0) is 26.1 Å². The third-order valence-electron chi connectivity index (χ3n) is 2.16. The van der Waals surface area contributed by atoms with E-state index in [1.54, 1.807) is 0 Å². The van der Waals surface area contributed by atoms with Crippen LogP contribution in [0.2, 0.25) is 0 Å². The first-order valence-electron chi connectivity index (χ1n) is 5.34. The molecule has 0 bridgehead atoms. The Kier molecular flexibility index (Phi) is 5.12. The van der Waals surface area contributed by atoms with Gasteiger partial charge in [0.2, 0.25) is 0 Å². The van der Waals surface area contributed by atoms with Gasteiger partial charge in [-0.2, -0.15) is 5.26 Å². The second kappa shape index (κ2) is 6.67. The van der Waals surface area contributed by atoms with Crippen LogP contribution in [0.4, 0.5) is 0 Å². The Morgan fingerprint density at radius 2 is 2.00 bits per heavy atom. The highest BCUT2D eigenvalue weighted by molar-refractivity contribution is 5.33. The predicted octanol–water partition coefficient (Wildman–Crippen LogP) is 2.13. The maximum atomic E-state index is 8.67. The number of rotatable bonds is 3. The van der Waals surface area contributed by atoms with Crippen LogP contribution in [0.1, 0.15) is 12.5 Å². The molecule has 0 radical (unpaired) electrons. The molecule has 1 rings (SSSR count). The third kappa shape index (κ3) is 4.64. The molecule has 0 aromatic heterocycles. The molecule has 1 aromatic rings. The zero-order valence-corrected chi connectivity index (χ0v) is 9.77. The first-order chi connectivity index (χ1) is 7.72. The lowest BCUT2D eigenvalue weighted by molar-refractivity contribution is 0.346. The summed E-state index contributed by atoms with van der Waals surface area (Å²) in [6, 6.07) is 12.1. The van der Waals surface area contributed by atoms with E-state index in [4.69, 9.17) is 5.26 Å². The molecule has 1 atom stereocenters. The lowest BCUT2D eigenvalue weighted by Gasteiger charge is -2.13. The molecule has 0 aliphatic carbocycles. The normalized spacial score (nSPS) is 11.4. The van der Waals surface area contributed by atoms with Crippen molar-refractivity contribution in [2.75, 3.05) is 20.1 Å². The maximum absolute atomic E-state index is 8.67. The maximum Gasteiger partial charge on any atom is 0.0666 e. The van der Waals surface area contributed by atoms with Gasteiger partial charge in [-0.3, -0.25) is 4.90 Å². The highest BCUT2D eigenvalue weighted by Gasteiger charge is 2.02. The monoisotopic (exact) mass is 212 g/mol. The van der Waals surface area contributed by atoms with E-state index in [0.717, 1.165) is 12.1 Å². The van der Waals surface area contributed by atoms with Crippen LogP contribution in [0.5, 0.6) is 0 Å². The molecule has 0 N–H and O–H groups in total. The van der Waals surface area contributed by atoms with Gasteiger partial charge in [0.1, 0.15) is 0 Å². The average Bonchev–Trinajstić information content (AvgIpc) is 2.30. The van der Waals surface area contributed by atoms with Crippen molar-refractivity contribution >= 4 is 0 Å². The minimum atomic E-state index is 0.0588. The van der Waals surface area contributed by atoms with Crippen LogP contribution in [-0.4, -0.2) is 25.0 Å². The molecule has 82 valence electrons. The van der Waals surface area contributed by atoms with Crippen LogP contribution < -0.4 is 0 Å². The van der Waals surface area contributed by atoms with E-state index >= 15 is 0 Å². The van der Waals surface area contributed by atoms with Crippen molar-refractivity contribution in [1.82, 2.24) is 4.90 Å². The van der Waals surface area contributed by atoms with Crippen molar-refractivity contribution in [3.8, 4) is 17.9 Å². The average molecular weight is 212 g/mol. The Hall–Kier alpha value is -1.77. The van der Waals surface area contributed by atoms with Crippen molar-refractivity contribution in [3.63, 3.8) is 0 Å². The minimum absolute atomic E-state index is 0.0588. The van der Waals surface area contributed by atoms with Crippen LogP contribution in [0, 0.1) is 29.1 Å². The molecule has 0 saturated heterocycles. The Morgan fingerprint density at radius 3 is 2.62 bits per heavy atom. The molecule has 16 heavy (non-hydrogen) atoms. The highest BCUT2D eigenvalue weighted by Crippen LogP contribution is 1.96. The second-order valence-electron chi connectivity index (χ2n) is 3.89. The summed E-state index contributed by atoms with van der Waals surface area (Å²) in [5.41, 5.74) is 1.03. The molecule has 0 aliphatic heterocycles. The van der Waals surface area contributed by atoms with Crippen molar-refractivity contribution in [3.05, 3.63) is 35.9 Å². The van der Waals surface area contributed by atoms with Gasteiger partial charge in [-0.1, -0.05) is 30.0 Å². The lowest BCUT2D eigenvalue weighted by atomic mass is 10.2. The van der Waals surface area contributed by atoms with E-state index in [1.165, 1.54) is 0 Å². The Bertz CT molecular complexity index is 406. The molecule has 2 heteroatoms. The van der Waals surface area contributed by atoms with Gasteiger partial charge < -0.3 is 0 Å². The standard InChI is InChI=1S/C14H16N2/c1-13(11-15)12-16(2)10-6-9-14-7-4-3-5-8-14/h3-5,7-8,13H,10,12H2,1-2H3. The number of nitrogens with zero attached hydrogens (tertiary/aromatic N) is 2. The second-order valence-corrected chi connectivity index (χ2v) is 3.89. The zero-order valence-electron chi connectivity index (χ0n) is 9.77. The molecule has 0 heterocycles. The van der Waals surface area contributed by atoms with Gasteiger partial charge in [0.15, 0.2) is 0 Å². The molecular formula is C14H16N2. The molecule has 1 unspecified atom stereocenters. The summed E-state index contributed by atoms with van der Waals surface area (Å²) in [6.45, 7) is 3.38. The molecule has 0 aliphatic rings. The fourth-order valence-corrected chi connectivity index (χ4v) is 1.37. The summed E-state index contributed by atoms with van der Waals surface area (Å²) < 4.78 is 0. The molecular weight excluding hydrogens is 196 g/mol. The van der Waals surface area contributed by atoms with Gasteiger partial charge in [-0.25, -0.2) is 0 Å². The summed E-state index contributed by atoms with van der Waals surface area (Å²) >= 11 is 0. The van der Waals surface area contributed by atoms with E-state index < -0.39 is 0 Å². The number of nitriles is 1. The molecule has 1 aromatic carbocycles. The van der Waals surface area contributed by atoms with Gasteiger partial charge in [0, 0.05) is 12.1 Å². The van der Waals surface area contributed by atoms with E-state index in [2.05, 4.69) is 22.8 Å². The van der Waals surface area contributed by atoms with E-state index in [9.17, 15) is 0 Å². The fourth-order valence-electron chi connectivity index (χ4n) is 1.37. The molecule has 0 amide bonds. The predicted molar refractivity (Wildman–Crippen MR) is 65.6 cm³/mol.